The van der Waals surface area contributed by atoms with Crippen molar-refractivity contribution in [3.05, 3.63) is 101 Å². The molecule has 0 saturated heterocycles. The average molecular weight is 394 g/mol. The molecular formula is C28H24FN. The smallest absolute Gasteiger partial charge is 0.128 e. The Morgan fingerprint density at radius 2 is 1.63 bits per heavy atom. The van der Waals surface area contributed by atoms with E-state index in [0.29, 0.717) is 23.7 Å². The summed E-state index contributed by atoms with van der Waals surface area (Å²) in [6, 6.07) is 18.8. The van der Waals surface area contributed by atoms with Gasteiger partial charge in [0.15, 0.2) is 0 Å². The van der Waals surface area contributed by atoms with Crippen molar-refractivity contribution in [3.8, 4) is 0 Å². The molecule has 0 unspecified atom stereocenters. The molecule has 0 aromatic heterocycles. The Hall–Kier alpha value is -2.87. The maximum atomic E-state index is 15.1. The number of benzene rings is 3. The van der Waals surface area contributed by atoms with E-state index in [0.717, 1.165) is 24.9 Å². The summed E-state index contributed by atoms with van der Waals surface area (Å²) in [5.74, 6) is 1.76. The molecular weight excluding hydrogens is 369 g/mol. The van der Waals surface area contributed by atoms with Crippen LogP contribution in [-0.4, -0.2) is 6.54 Å². The van der Waals surface area contributed by atoms with Crippen LogP contribution in [0.15, 0.2) is 78.9 Å². The molecule has 2 aliphatic carbocycles. The van der Waals surface area contributed by atoms with Gasteiger partial charge in [0.25, 0.3) is 0 Å². The molecule has 0 saturated carbocycles. The van der Waals surface area contributed by atoms with Gasteiger partial charge in [0.2, 0.25) is 0 Å². The molecule has 0 spiro atoms. The van der Waals surface area contributed by atoms with Gasteiger partial charge in [-0.1, -0.05) is 66.8 Å². The molecule has 0 bridgehead atoms. The van der Waals surface area contributed by atoms with Crippen molar-refractivity contribution in [1.82, 2.24) is 0 Å². The number of anilines is 1. The van der Waals surface area contributed by atoms with E-state index >= 15 is 4.39 Å². The number of hydrogen-bond donors (Lipinski definition) is 0. The molecule has 1 nitrogen and oxygen atoms in total. The SMILES string of the molecule is Fc1ccccc1[C@H]1[C@H]2CC=C[C@H]2c2c3c(cc4ccccc24)[C@H]2C=CC[C@@H]2CN31. The van der Waals surface area contributed by atoms with Gasteiger partial charge >= 0.3 is 0 Å². The Morgan fingerprint density at radius 1 is 0.833 bits per heavy atom. The summed E-state index contributed by atoms with van der Waals surface area (Å²) < 4.78 is 15.1. The second kappa shape index (κ2) is 6.07. The number of halogens is 1. The van der Waals surface area contributed by atoms with Gasteiger partial charge in [-0.2, -0.15) is 0 Å². The second-order valence-corrected chi connectivity index (χ2v) is 9.37. The minimum Gasteiger partial charge on any atom is -0.363 e. The standard InChI is InChI=1S/C28H24FN/c29-25-14-4-3-10-23(25)27-22-13-6-12-21(22)26-20-9-2-1-7-17(20)15-24-19-11-5-8-18(19)16-30(27)28(24)26/h1-7,9-12,14-15,18-19,21-22,27H,8,13,16H2/t18-,19+,21-,22+,27-/m1/s1. The first-order valence-electron chi connectivity index (χ1n) is 11.2. The van der Waals surface area contributed by atoms with E-state index in [1.807, 2.05) is 18.2 Å². The van der Waals surface area contributed by atoms with Gasteiger partial charge in [0.1, 0.15) is 5.82 Å². The van der Waals surface area contributed by atoms with Crippen molar-refractivity contribution in [2.24, 2.45) is 11.8 Å². The highest BCUT2D eigenvalue weighted by atomic mass is 19.1. The van der Waals surface area contributed by atoms with Crippen molar-refractivity contribution >= 4 is 16.5 Å². The van der Waals surface area contributed by atoms with Crippen molar-refractivity contribution in [2.75, 3.05) is 11.4 Å². The lowest BCUT2D eigenvalue weighted by Crippen LogP contribution is -2.46. The van der Waals surface area contributed by atoms with Crippen LogP contribution in [0.3, 0.4) is 0 Å². The van der Waals surface area contributed by atoms with Gasteiger partial charge in [-0.3, -0.25) is 0 Å². The highest BCUT2D eigenvalue weighted by Crippen LogP contribution is 2.60. The molecule has 2 heteroatoms. The van der Waals surface area contributed by atoms with E-state index in [-0.39, 0.29) is 11.9 Å². The molecule has 30 heavy (non-hydrogen) atoms. The molecule has 0 fully saturated rings. The zero-order chi connectivity index (χ0) is 19.8. The predicted octanol–water partition coefficient (Wildman–Crippen LogP) is 6.87. The fourth-order valence-corrected chi connectivity index (χ4v) is 6.80. The molecule has 3 aromatic rings. The largest absolute Gasteiger partial charge is 0.363 e. The number of allylic oxidation sites excluding steroid dienone is 4. The zero-order valence-electron chi connectivity index (χ0n) is 16.8. The summed E-state index contributed by atoms with van der Waals surface area (Å²) in [6.45, 7) is 1.01. The molecule has 4 aliphatic rings. The van der Waals surface area contributed by atoms with E-state index < -0.39 is 0 Å². The van der Waals surface area contributed by atoms with Crippen LogP contribution in [0.4, 0.5) is 10.1 Å². The summed E-state index contributed by atoms with van der Waals surface area (Å²) >= 11 is 0. The third kappa shape index (κ3) is 2.12. The van der Waals surface area contributed by atoms with Crippen molar-refractivity contribution < 1.29 is 4.39 Å². The van der Waals surface area contributed by atoms with Crippen LogP contribution < -0.4 is 4.90 Å². The van der Waals surface area contributed by atoms with Crippen LogP contribution in [0.1, 0.15) is 47.4 Å². The van der Waals surface area contributed by atoms with Crippen LogP contribution in [-0.2, 0) is 0 Å². The van der Waals surface area contributed by atoms with Crippen molar-refractivity contribution in [2.45, 2.75) is 30.7 Å². The number of nitrogens with zero attached hydrogens (tertiary/aromatic N) is 1. The van der Waals surface area contributed by atoms with Gasteiger partial charge in [-0.05, 0) is 58.7 Å². The third-order valence-corrected chi connectivity index (χ3v) is 7.97. The van der Waals surface area contributed by atoms with E-state index in [1.165, 1.54) is 27.6 Å². The summed E-state index contributed by atoms with van der Waals surface area (Å²) in [5, 5.41) is 2.71. The minimum atomic E-state index is -0.0643. The molecule has 0 N–H and O–H groups in total. The summed E-state index contributed by atoms with van der Waals surface area (Å²) in [7, 11) is 0. The second-order valence-electron chi connectivity index (χ2n) is 9.37. The first-order chi connectivity index (χ1) is 14.8. The molecule has 148 valence electrons. The lowest BCUT2D eigenvalue weighted by atomic mass is 9.69. The Kier molecular flexibility index (Phi) is 3.42. The summed E-state index contributed by atoms with van der Waals surface area (Å²) in [4.78, 5) is 2.60. The first-order valence-corrected chi connectivity index (χ1v) is 11.2. The molecule has 7 rings (SSSR count). The summed E-state index contributed by atoms with van der Waals surface area (Å²) in [5.41, 5.74) is 5.19. The number of hydrogen-bond acceptors (Lipinski definition) is 1. The Balaban J connectivity index is 1.56. The fraction of sp³-hybridized carbons (Fsp3) is 0.286. The Bertz CT molecular complexity index is 1240. The summed E-state index contributed by atoms with van der Waals surface area (Å²) in [6.07, 6.45) is 11.6. The molecule has 5 atom stereocenters. The van der Waals surface area contributed by atoms with Crippen LogP contribution in [0.2, 0.25) is 0 Å². The van der Waals surface area contributed by atoms with Gasteiger partial charge < -0.3 is 4.90 Å². The van der Waals surface area contributed by atoms with Crippen LogP contribution >= 0.6 is 0 Å². The van der Waals surface area contributed by atoms with Crippen LogP contribution in [0, 0.1) is 17.7 Å². The Labute approximate surface area is 176 Å². The van der Waals surface area contributed by atoms with E-state index in [9.17, 15) is 0 Å². The van der Waals surface area contributed by atoms with Crippen LogP contribution in [0.25, 0.3) is 10.8 Å². The van der Waals surface area contributed by atoms with Crippen molar-refractivity contribution in [1.29, 1.82) is 0 Å². The van der Waals surface area contributed by atoms with Gasteiger partial charge in [0.05, 0.1) is 6.04 Å². The monoisotopic (exact) mass is 393 g/mol. The number of rotatable bonds is 1. The first kappa shape index (κ1) is 16.9. The van der Waals surface area contributed by atoms with Crippen LogP contribution in [0.5, 0.6) is 0 Å². The zero-order valence-corrected chi connectivity index (χ0v) is 16.8. The van der Waals surface area contributed by atoms with E-state index in [4.69, 9.17) is 0 Å². The average Bonchev–Trinajstić information content (AvgIpc) is 3.44. The predicted molar refractivity (Wildman–Crippen MR) is 120 cm³/mol. The Morgan fingerprint density at radius 3 is 2.57 bits per heavy atom. The fourth-order valence-electron chi connectivity index (χ4n) is 6.80. The maximum Gasteiger partial charge on any atom is 0.128 e. The molecule has 2 heterocycles. The van der Waals surface area contributed by atoms with Gasteiger partial charge in [-0.25, -0.2) is 4.39 Å². The van der Waals surface area contributed by atoms with Gasteiger partial charge in [-0.15, -0.1) is 0 Å². The number of fused-ring (bicyclic) bond motifs is 6. The van der Waals surface area contributed by atoms with Gasteiger partial charge in [0, 0.05) is 29.6 Å². The van der Waals surface area contributed by atoms with E-state index in [2.05, 4.69) is 59.5 Å². The quantitative estimate of drug-likeness (QED) is 0.408. The highest BCUT2D eigenvalue weighted by molar-refractivity contribution is 5.94. The topological polar surface area (TPSA) is 3.24 Å². The normalized spacial score (nSPS) is 30.4. The molecule has 3 aromatic carbocycles. The van der Waals surface area contributed by atoms with Crippen molar-refractivity contribution in [3.63, 3.8) is 0 Å². The molecule has 0 amide bonds. The molecule has 2 aliphatic heterocycles. The molecule has 0 radical (unpaired) electrons. The maximum absolute atomic E-state index is 15.1. The highest BCUT2D eigenvalue weighted by Gasteiger charge is 2.48. The minimum absolute atomic E-state index is 0.0643. The lowest BCUT2D eigenvalue weighted by Gasteiger charge is -2.51. The van der Waals surface area contributed by atoms with E-state index in [1.54, 1.807) is 6.07 Å². The lowest BCUT2D eigenvalue weighted by molar-refractivity contribution is 0.329. The third-order valence-electron chi connectivity index (χ3n) is 7.97.